The number of anilines is 1. The van der Waals surface area contributed by atoms with Crippen molar-refractivity contribution in [1.82, 2.24) is 4.98 Å². The molecule has 1 heterocycles. The molecule has 0 bridgehead atoms. The van der Waals surface area contributed by atoms with Crippen LogP contribution in [0.1, 0.15) is 41.2 Å². The van der Waals surface area contributed by atoms with Crippen LogP contribution in [0.15, 0.2) is 60.7 Å². The molecule has 0 aliphatic rings. The van der Waals surface area contributed by atoms with Crippen LogP contribution in [-0.2, 0) is 12.8 Å². The lowest BCUT2D eigenvalue weighted by molar-refractivity contribution is 0.102. The van der Waals surface area contributed by atoms with Crippen molar-refractivity contribution in [2.45, 2.75) is 33.6 Å². The molecule has 27 heavy (non-hydrogen) atoms. The molecule has 3 rings (SSSR count). The highest BCUT2D eigenvalue weighted by Crippen LogP contribution is 2.27. The van der Waals surface area contributed by atoms with E-state index in [0.717, 1.165) is 35.5 Å². The van der Waals surface area contributed by atoms with E-state index in [0.29, 0.717) is 17.0 Å². The van der Waals surface area contributed by atoms with Crippen LogP contribution in [0.3, 0.4) is 0 Å². The van der Waals surface area contributed by atoms with Crippen molar-refractivity contribution in [2.75, 3.05) is 5.32 Å². The van der Waals surface area contributed by atoms with E-state index < -0.39 is 0 Å². The number of carbonyl (C=O) groups excluding carboxylic acids is 1. The lowest BCUT2D eigenvalue weighted by atomic mass is 10.1. The number of hydrogen-bond donors (Lipinski definition) is 1. The second kappa shape index (κ2) is 8.49. The van der Waals surface area contributed by atoms with Gasteiger partial charge < -0.3 is 10.1 Å². The van der Waals surface area contributed by atoms with Crippen LogP contribution in [-0.4, -0.2) is 10.9 Å². The van der Waals surface area contributed by atoms with Gasteiger partial charge in [0, 0.05) is 17.4 Å². The minimum atomic E-state index is -0.172. The van der Waals surface area contributed by atoms with Gasteiger partial charge in [-0.1, -0.05) is 38.1 Å². The Balaban J connectivity index is 1.77. The lowest BCUT2D eigenvalue weighted by Crippen LogP contribution is -2.14. The summed E-state index contributed by atoms with van der Waals surface area (Å²) in [4.78, 5) is 17.1. The molecule has 0 aliphatic carbocycles. The number of rotatable bonds is 6. The molecule has 0 saturated carbocycles. The zero-order valence-electron chi connectivity index (χ0n) is 16.0. The molecule has 0 fully saturated rings. The number of nitrogens with zero attached hydrogens (tertiary/aromatic N) is 1. The molecule has 1 amide bonds. The van der Waals surface area contributed by atoms with Crippen molar-refractivity contribution in [1.29, 1.82) is 0 Å². The highest BCUT2D eigenvalue weighted by molar-refractivity contribution is 6.05. The van der Waals surface area contributed by atoms with Gasteiger partial charge in [0.2, 0.25) is 0 Å². The highest BCUT2D eigenvalue weighted by atomic mass is 16.5. The summed E-state index contributed by atoms with van der Waals surface area (Å²) in [6.45, 7) is 6.00. The second-order valence-electron chi connectivity index (χ2n) is 6.33. The third-order valence-corrected chi connectivity index (χ3v) is 4.42. The van der Waals surface area contributed by atoms with Crippen LogP contribution in [0.2, 0.25) is 0 Å². The molecule has 4 nitrogen and oxygen atoms in total. The Bertz CT molecular complexity index is 951. The molecule has 2 aromatic carbocycles. The molecule has 3 aromatic rings. The molecule has 138 valence electrons. The number of ether oxygens (including phenoxy) is 1. The van der Waals surface area contributed by atoms with Gasteiger partial charge in [-0.3, -0.25) is 9.78 Å². The van der Waals surface area contributed by atoms with E-state index in [-0.39, 0.29) is 5.91 Å². The van der Waals surface area contributed by atoms with E-state index in [2.05, 4.69) is 23.3 Å². The fourth-order valence-corrected chi connectivity index (χ4v) is 2.91. The summed E-state index contributed by atoms with van der Waals surface area (Å²) < 4.78 is 6.02. The van der Waals surface area contributed by atoms with Crippen LogP contribution in [0.25, 0.3) is 0 Å². The largest absolute Gasteiger partial charge is 0.457 e. The number of carbonyl (C=O) groups is 1. The Morgan fingerprint density at radius 3 is 2.56 bits per heavy atom. The van der Waals surface area contributed by atoms with Crippen LogP contribution < -0.4 is 10.1 Å². The first kappa shape index (κ1) is 18.6. The predicted molar refractivity (Wildman–Crippen MR) is 109 cm³/mol. The average molecular weight is 360 g/mol. The van der Waals surface area contributed by atoms with Gasteiger partial charge in [-0.25, -0.2) is 0 Å². The van der Waals surface area contributed by atoms with Crippen molar-refractivity contribution in [3.63, 3.8) is 0 Å². The van der Waals surface area contributed by atoms with Crippen molar-refractivity contribution in [2.24, 2.45) is 0 Å². The molecule has 4 heteroatoms. The smallest absolute Gasteiger partial charge is 0.257 e. The molecule has 0 aliphatic heterocycles. The normalized spacial score (nSPS) is 10.5. The van der Waals surface area contributed by atoms with Crippen molar-refractivity contribution < 1.29 is 9.53 Å². The van der Waals surface area contributed by atoms with Gasteiger partial charge in [0.05, 0.1) is 11.3 Å². The minimum Gasteiger partial charge on any atom is -0.457 e. The van der Waals surface area contributed by atoms with Gasteiger partial charge in [-0.05, 0) is 55.7 Å². The fraction of sp³-hybridized carbons (Fsp3) is 0.217. The van der Waals surface area contributed by atoms with E-state index in [1.54, 1.807) is 0 Å². The maximum atomic E-state index is 12.6. The highest BCUT2D eigenvalue weighted by Gasteiger charge is 2.11. The van der Waals surface area contributed by atoms with E-state index in [1.165, 1.54) is 0 Å². The zero-order chi connectivity index (χ0) is 19.2. The molecule has 0 atom stereocenters. The number of nitrogens with one attached hydrogen (secondary N) is 1. The SMILES string of the molecule is CCc1ccc(C(=O)Nc2cccc(Oc3ccccc3CC)c2)c(C)n1. The van der Waals surface area contributed by atoms with E-state index >= 15 is 0 Å². The Kier molecular flexibility index (Phi) is 5.87. The van der Waals surface area contributed by atoms with Gasteiger partial charge in [-0.2, -0.15) is 0 Å². The second-order valence-corrected chi connectivity index (χ2v) is 6.33. The maximum Gasteiger partial charge on any atom is 0.257 e. The number of benzene rings is 2. The third-order valence-electron chi connectivity index (χ3n) is 4.42. The van der Waals surface area contributed by atoms with E-state index in [1.807, 2.05) is 68.4 Å². The molecular formula is C23H24N2O2. The molecular weight excluding hydrogens is 336 g/mol. The predicted octanol–water partition coefficient (Wildman–Crippen LogP) is 5.56. The first-order valence-electron chi connectivity index (χ1n) is 9.24. The quantitative estimate of drug-likeness (QED) is 0.626. The van der Waals surface area contributed by atoms with Gasteiger partial charge in [0.15, 0.2) is 0 Å². The number of amides is 1. The molecule has 1 aromatic heterocycles. The summed E-state index contributed by atoms with van der Waals surface area (Å²) >= 11 is 0. The number of aryl methyl sites for hydroxylation is 3. The Hall–Kier alpha value is -3.14. The summed E-state index contributed by atoms with van der Waals surface area (Å²) in [6, 6.07) is 19.1. The maximum absolute atomic E-state index is 12.6. The number of para-hydroxylation sites is 1. The lowest BCUT2D eigenvalue weighted by Gasteiger charge is -2.12. The fourth-order valence-electron chi connectivity index (χ4n) is 2.91. The molecule has 1 N–H and O–H groups in total. The van der Waals surface area contributed by atoms with Gasteiger partial charge in [-0.15, -0.1) is 0 Å². The van der Waals surface area contributed by atoms with E-state index in [4.69, 9.17) is 4.74 Å². The minimum absolute atomic E-state index is 0.172. The summed E-state index contributed by atoms with van der Waals surface area (Å²) in [5.41, 5.74) is 4.12. The number of hydrogen-bond acceptors (Lipinski definition) is 3. The summed E-state index contributed by atoms with van der Waals surface area (Å²) in [6.07, 6.45) is 1.74. The topological polar surface area (TPSA) is 51.2 Å². The first-order valence-corrected chi connectivity index (χ1v) is 9.24. The molecule has 0 radical (unpaired) electrons. The molecule has 0 saturated heterocycles. The van der Waals surface area contributed by atoms with E-state index in [9.17, 15) is 4.79 Å². The number of pyridine rings is 1. The third kappa shape index (κ3) is 4.53. The monoisotopic (exact) mass is 360 g/mol. The van der Waals surface area contributed by atoms with Crippen LogP contribution in [0, 0.1) is 6.92 Å². The Labute approximate surface area is 160 Å². The van der Waals surface area contributed by atoms with Crippen molar-refractivity contribution in [3.05, 3.63) is 83.2 Å². The van der Waals surface area contributed by atoms with Crippen molar-refractivity contribution in [3.8, 4) is 11.5 Å². The Morgan fingerprint density at radius 2 is 1.81 bits per heavy atom. The molecule has 0 unspecified atom stereocenters. The molecule has 0 spiro atoms. The van der Waals surface area contributed by atoms with Crippen LogP contribution >= 0.6 is 0 Å². The van der Waals surface area contributed by atoms with Crippen molar-refractivity contribution >= 4 is 11.6 Å². The zero-order valence-corrected chi connectivity index (χ0v) is 16.0. The standard InChI is InChI=1S/C23H24N2O2/c1-4-17-9-6-7-12-22(17)27-20-11-8-10-19(15-20)25-23(26)21-14-13-18(5-2)24-16(21)3/h6-15H,4-5H2,1-3H3,(H,25,26). The number of aromatic nitrogens is 1. The summed E-state index contributed by atoms with van der Waals surface area (Å²) in [5, 5.41) is 2.93. The van der Waals surface area contributed by atoms with Crippen LogP contribution in [0.5, 0.6) is 11.5 Å². The van der Waals surface area contributed by atoms with Gasteiger partial charge >= 0.3 is 0 Å². The summed E-state index contributed by atoms with van der Waals surface area (Å²) in [5.74, 6) is 1.34. The summed E-state index contributed by atoms with van der Waals surface area (Å²) in [7, 11) is 0. The van der Waals surface area contributed by atoms with Gasteiger partial charge in [0.1, 0.15) is 11.5 Å². The average Bonchev–Trinajstić information content (AvgIpc) is 2.68. The van der Waals surface area contributed by atoms with Crippen LogP contribution in [0.4, 0.5) is 5.69 Å². The van der Waals surface area contributed by atoms with Gasteiger partial charge in [0.25, 0.3) is 5.91 Å². The Morgan fingerprint density at radius 1 is 1.00 bits per heavy atom. The first-order chi connectivity index (χ1) is 13.1.